The Balaban J connectivity index is 2.02. The topological polar surface area (TPSA) is 39.5 Å². The number of nitrogens with zero attached hydrogens (tertiary/aromatic N) is 3. The van der Waals surface area contributed by atoms with Crippen molar-refractivity contribution in [1.82, 2.24) is 9.80 Å². The Labute approximate surface area is 127 Å². The van der Waals surface area contributed by atoms with E-state index in [1.807, 2.05) is 18.2 Å². The fourth-order valence-electron chi connectivity index (χ4n) is 3.05. The van der Waals surface area contributed by atoms with Crippen LogP contribution in [0.25, 0.3) is 0 Å². The largest absolute Gasteiger partial charge is 0.496 e. The Morgan fingerprint density at radius 3 is 2.67 bits per heavy atom. The number of methoxy groups -OCH3 is 1. The number of hydrogen-bond acceptors (Lipinski definition) is 4. The summed E-state index contributed by atoms with van der Waals surface area (Å²) in [7, 11) is 3.86. The van der Waals surface area contributed by atoms with Crippen LogP contribution in [0.4, 0.5) is 0 Å². The van der Waals surface area contributed by atoms with Gasteiger partial charge in [-0.3, -0.25) is 4.90 Å². The number of nitriles is 1. The normalized spacial score (nSPS) is 16.9. The summed E-state index contributed by atoms with van der Waals surface area (Å²) in [6.07, 6.45) is 2.43. The Morgan fingerprint density at radius 1 is 1.38 bits per heavy atom. The van der Waals surface area contributed by atoms with E-state index in [4.69, 9.17) is 10.00 Å². The zero-order valence-electron chi connectivity index (χ0n) is 13.3. The van der Waals surface area contributed by atoms with E-state index in [1.165, 1.54) is 25.9 Å². The molecule has 0 atom stereocenters. The molecule has 0 spiro atoms. The molecule has 0 unspecified atom stereocenters. The first-order valence-corrected chi connectivity index (χ1v) is 7.67. The molecular formula is C17H25N3O. The van der Waals surface area contributed by atoms with Gasteiger partial charge in [-0.05, 0) is 57.7 Å². The Bertz CT molecular complexity index is 501. The summed E-state index contributed by atoms with van der Waals surface area (Å²) in [5.74, 6) is 0.867. The predicted molar refractivity (Wildman–Crippen MR) is 84.3 cm³/mol. The maximum absolute atomic E-state index is 9.05. The molecule has 1 saturated heterocycles. The van der Waals surface area contributed by atoms with Crippen LogP contribution in [-0.4, -0.2) is 49.6 Å². The van der Waals surface area contributed by atoms with Crippen LogP contribution in [-0.2, 0) is 6.54 Å². The third-order valence-electron chi connectivity index (χ3n) is 4.46. The van der Waals surface area contributed by atoms with Gasteiger partial charge in [0.2, 0.25) is 0 Å². The van der Waals surface area contributed by atoms with E-state index < -0.39 is 0 Å². The van der Waals surface area contributed by atoms with Crippen molar-refractivity contribution in [3.8, 4) is 11.8 Å². The monoisotopic (exact) mass is 287 g/mol. The molecule has 0 bridgehead atoms. The van der Waals surface area contributed by atoms with Gasteiger partial charge in [0.05, 0.1) is 18.7 Å². The molecule has 114 valence electrons. The van der Waals surface area contributed by atoms with Gasteiger partial charge in [-0.2, -0.15) is 5.26 Å². The highest BCUT2D eigenvalue weighted by Crippen LogP contribution is 2.24. The smallest absolute Gasteiger partial charge is 0.123 e. The molecule has 4 nitrogen and oxygen atoms in total. The van der Waals surface area contributed by atoms with Crippen molar-refractivity contribution in [3.63, 3.8) is 0 Å². The third-order valence-corrected chi connectivity index (χ3v) is 4.46. The van der Waals surface area contributed by atoms with Crippen molar-refractivity contribution in [2.24, 2.45) is 0 Å². The maximum Gasteiger partial charge on any atom is 0.123 e. The fourth-order valence-corrected chi connectivity index (χ4v) is 3.05. The number of ether oxygens (including phenoxy) is 1. The zero-order chi connectivity index (χ0) is 15.2. The van der Waals surface area contributed by atoms with Crippen LogP contribution < -0.4 is 4.74 Å². The standard InChI is InChI=1S/C17H25N3O/c1-4-20-9-7-16(8-10-20)19(2)13-15-11-14(12-18)5-6-17(15)21-3/h5-6,11,16H,4,7-10,13H2,1-3H3. The van der Waals surface area contributed by atoms with Gasteiger partial charge in [-0.15, -0.1) is 0 Å². The highest BCUT2D eigenvalue weighted by atomic mass is 16.5. The van der Waals surface area contributed by atoms with Crippen LogP contribution in [0.15, 0.2) is 18.2 Å². The molecule has 2 rings (SSSR count). The van der Waals surface area contributed by atoms with Crippen molar-refractivity contribution < 1.29 is 4.74 Å². The van der Waals surface area contributed by atoms with Crippen molar-refractivity contribution in [3.05, 3.63) is 29.3 Å². The van der Waals surface area contributed by atoms with Gasteiger partial charge in [0.25, 0.3) is 0 Å². The second kappa shape index (κ2) is 7.44. The van der Waals surface area contributed by atoms with Gasteiger partial charge >= 0.3 is 0 Å². The summed E-state index contributed by atoms with van der Waals surface area (Å²) < 4.78 is 5.42. The molecule has 1 aliphatic rings. The SMILES string of the molecule is CCN1CCC(N(C)Cc2cc(C#N)ccc2OC)CC1. The number of hydrogen-bond donors (Lipinski definition) is 0. The first-order chi connectivity index (χ1) is 10.2. The summed E-state index contributed by atoms with van der Waals surface area (Å²) in [5, 5.41) is 9.05. The lowest BCUT2D eigenvalue weighted by Gasteiger charge is -2.36. The van der Waals surface area contributed by atoms with Gasteiger partial charge in [0.1, 0.15) is 5.75 Å². The molecule has 1 fully saturated rings. The molecule has 1 aromatic carbocycles. The molecule has 0 radical (unpaired) electrons. The van der Waals surface area contributed by atoms with Crippen LogP contribution in [0, 0.1) is 11.3 Å². The molecule has 0 aromatic heterocycles. The molecule has 0 saturated carbocycles. The van der Waals surface area contributed by atoms with E-state index in [0.29, 0.717) is 11.6 Å². The van der Waals surface area contributed by atoms with Gasteiger partial charge in [0, 0.05) is 18.2 Å². The van der Waals surface area contributed by atoms with E-state index in [1.54, 1.807) is 7.11 Å². The van der Waals surface area contributed by atoms with Crippen molar-refractivity contribution in [1.29, 1.82) is 5.26 Å². The van der Waals surface area contributed by atoms with Gasteiger partial charge in [-0.25, -0.2) is 0 Å². The molecule has 0 aliphatic carbocycles. The molecule has 1 aromatic rings. The highest BCUT2D eigenvalue weighted by molar-refractivity contribution is 5.42. The van der Waals surface area contributed by atoms with Crippen LogP contribution in [0.1, 0.15) is 30.9 Å². The molecule has 4 heteroatoms. The number of benzene rings is 1. The summed E-state index contributed by atoms with van der Waals surface area (Å²) in [4.78, 5) is 4.90. The average molecular weight is 287 g/mol. The van der Waals surface area contributed by atoms with Crippen molar-refractivity contribution >= 4 is 0 Å². The van der Waals surface area contributed by atoms with E-state index >= 15 is 0 Å². The summed E-state index contributed by atoms with van der Waals surface area (Å²) >= 11 is 0. The molecular weight excluding hydrogens is 262 g/mol. The average Bonchev–Trinajstić information content (AvgIpc) is 2.54. The van der Waals surface area contributed by atoms with Crippen LogP contribution in [0.2, 0.25) is 0 Å². The molecule has 1 heterocycles. The van der Waals surface area contributed by atoms with Crippen molar-refractivity contribution in [2.45, 2.75) is 32.4 Å². The van der Waals surface area contributed by atoms with E-state index in [9.17, 15) is 0 Å². The number of likely N-dealkylation sites (tertiary alicyclic amines) is 1. The van der Waals surface area contributed by atoms with E-state index in [0.717, 1.165) is 24.4 Å². The van der Waals surface area contributed by atoms with Gasteiger partial charge in [-0.1, -0.05) is 6.92 Å². The van der Waals surface area contributed by atoms with Crippen LogP contribution >= 0.6 is 0 Å². The van der Waals surface area contributed by atoms with Gasteiger partial charge in [0.15, 0.2) is 0 Å². The predicted octanol–water partition coefficient (Wildman–Crippen LogP) is 2.48. The lowest BCUT2D eigenvalue weighted by atomic mass is 10.0. The molecule has 0 N–H and O–H groups in total. The van der Waals surface area contributed by atoms with Crippen LogP contribution in [0.5, 0.6) is 5.75 Å². The lowest BCUT2D eigenvalue weighted by Crippen LogP contribution is -2.42. The van der Waals surface area contributed by atoms with Gasteiger partial charge < -0.3 is 9.64 Å². The third kappa shape index (κ3) is 3.96. The second-order valence-electron chi connectivity index (χ2n) is 5.72. The number of piperidine rings is 1. The lowest BCUT2D eigenvalue weighted by molar-refractivity contribution is 0.126. The minimum atomic E-state index is 0.614. The first-order valence-electron chi connectivity index (χ1n) is 7.67. The van der Waals surface area contributed by atoms with Crippen LogP contribution in [0.3, 0.4) is 0 Å². The summed E-state index contributed by atoms with van der Waals surface area (Å²) in [6.45, 7) is 6.56. The second-order valence-corrected chi connectivity index (χ2v) is 5.72. The minimum absolute atomic E-state index is 0.614. The Morgan fingerprint density at radius 2 is 2.10 bits per heavy atom. The number of rotatable bonds is 5. The molecule has 21 heavy (non-hydrogen) atoms. The minimum Gasteiger partial charge on any atom is -0.496 e. The molecule has 0 amide bonds. The fraction of sp³-hybridized carbons (Fsp3) is 0.588. The highest BCUT2D eigenvalue weighted by Gasteiger charge is 2.22. The molecule has 1 aliphatic heterocycles. The summed E-state index contributed by atoms with van der Waals surface area (Å²) in [6, 6.07) is 8.46. The van der Waals surface area contributed by atoms with E-state index in [-0.39, 0.29) is 0 Å². The summed E-state index contributed by atoms with van der Waals surface area (Å²) in [5.41, 5.74) is 1.79. The Hall–Kier alpha value is -1.57. The maximum atomic E-state index is 9.05. The van der Waals surface area contributed by atoms with Crippen molar-refractivity contribution in [2.75, 3.05) is 33.8 Å². The zero-order valence-corrected chi connectivity index (χ0v) is 13.3. The Kier molecular flexibility index (Phi) is 5.60. The van der Waals surface area contributed by atoms with E-state index in [2.05, 4.69) is 29.8 Å². The quantitative estimate of drug-likeness (QED) is 0.834. The first kappa shape index (κ1) is 15.8.